The predicted molar refractivity (Wildman–Crippen MR) is 82.2 cm³/mol. The molecular formula is C15H20ClN3O. The van der Waals surface area contributed by atoms with Gasteiger partial charge in [-0.2, -0.15) is 0 Å². The fraction of sp³-hybridized carbons (Fsp3) is 0.533. The first kappa shape index (κ1) is 13.7. The van der Waals surface area contributed by atoms with E-state index in [1.165, 1.54) is 12.8 Å². The summed E-state index contributed by atoms with van der Waals surface area (Å²) < 4.78 is 0. The van der Waals surface area contributed by atoms with E-state index in [1.807, 2.05) is 12.1 Å². The maximum atomic E-state index is 11.7. The van der Waals surface area contributed by atoms with E-state index in [0.717, 1.165) is 23.5 Å². The lowest BCUT2D eigenvalue weighted by Crippen LogP contribution is -2.33. The zero-order valence-corrected chi connectivity index (χ0v) is 12.6. The van der Waals surface area contributed by atoms with Gasteiger partial charge in [0.25, 0.3) is 0 Å². The number of anilines is 2. The van der Waals surface area contributed by atoms with Crippen molar-refractivity contribution in [2.45, 2.75) is 38.8 Å². The van der Waals surface area contributed by atoms with Crippen LogP contribution in [0.15, 0.2) is 12.1 Å². The van der Waals surface area contributed by atoms with Crippen LogP contribution in [0.4, 0.5) is 11.4 Å². The second-order valence-corrected chi connectivity index (χ2v) is 6.41. The van der Waals surface area contributed by atoms with E-state index in [4.69, 9.17) is 17.3 Å². The van der Waals surface area contributed by atoms with Crippen LogP contribution in [0.2, 0.25) is 5.02 Å². The third kappa shape index (κ3) is 2.07. The molecule has 4 nitrogen and oxygen atoms in total. The van der Waals surface area contributed by atoms with Gasteiger partial charge in [0.2, 0.25) is 5.91 Å². The maximum absolute atomic E-state index is 11.7. The van der Waals surface area contributed by atoms with E-state index in [-0.39, 0.29) is 5.91 Å². The fourth-order valence-corrected chi connectivity index (χ4v) is 3.58. The lowest BCUT2D eigenvalue weighted by atomic mass is 10.0. The molecule has 2 aliphatic rings. The average molecular weight is 294 g/mol. The van der Waals surface area contributed by atoms with Crippen molar-refractivity contribution in [1.29, 1.82) is 0 Å². The lowest BCUT2D eigenvalue weighted by Gasteiger charge is -2.30. The first-order chi connectivity index (χ1) is 9.49. The number of nitrogens with zero attached hydrogens (tertiary/aromatic N) is 1. The predicted octanol–water partition coefficient (Wildman–Crippen LogP) is 2.92. The van der Waals surface area contributed by atoms with Crippen LogP contribution in [0.3, 0.4) is 0 Å². The molecule has 2 aliphatic heterocycles. The van der Waals surface area contributed by atoms with Crippen LogP contribution in [0, 0.1) is 5.92 Å². The maximum Gasteiger partial charge on any atom is 0.245 e. The van der Waals surface area contributed by atoms with E-state index < -0.39 is 6.04 Å². The molecule has 2 unspecified atom stereocenters. The molecule has 0 aromatic heterocycles. The number of rotatable bonds is 2. The van der Waals surface area contributed by atoms with Crippen molar-refractivity contribution >= 4 is 28.9 Å². The zero-order chi connectivity index (χ0) is 14.4. The Kier molecular flexibility index (Phi) is 3.38. The highest BCUT2D eigenvalue weighted by Gasteiger charge is 2.32. The van der Waals surface area contributed by atoms with Gasteiger partial charge in [0.1, 0.15) is 6.04 Å². The standard InChI is InChI=1S/C15H20ClN3O/c1-8(2)12-4-3-5-19(12)13-7-11-9(6-10(13)16)14(17)15(20)18-11/h6-8,12,14H,3-5,17H2,1-2H3,(H,18,20). The van der Waals surface area contributed by atoms with E-state index in [1.54, 1.807) is 0 Å². The minimum Gasteiger partial charge on any atom is -0.367 e. The van der Waals surface area contributed by atoms with Gasteiger partial charge in [-0.1, -0.05) is 25.4 Å². The second kappa shape index (κ2) is 4.93. The number of halogens is 1. The summed E-state index contributed by atoms with van der Waals surface area (Å²) in [6.07, 6.45) is 2.37. The number of fused-ring (bicyclic) bond motifs is 1. The Morgan fingerprint density at radius 2 is 2.20 bits per heavy atom. The normalized spacial score (nSPS) is 25.2. The number of carbonyl (C=O) groups is 1. The van der Waals surface area contributed by atoms with Crippen molar-refractivity contribution in [1.82, 2.24) is 0 Å². The Morgan fingerprint density at radius 3 is 2.90 bits per heavy atom. The summed E-state index contributed by atoms with van der Waals surface area (Å²) >= 11 is 6.43. The zero-order valence-electron chi connectivity index (χ0n) is 11.8. The van der Waals surface area contributed by atoms with Crippen LogP contribution in [0.25, 0.3) is 0 Å². The molecule has 3 rings (SSSR count). The molecule has 0 saturated carbocycles. The minimum atomic E-state index is -0.601. The molecule has 0 spiro atoms. The van der Waals surface area contributed by atoms with Crippen molar-refractivity contribution in [3.63, 3.8) is 0 Å². The van der Waals surface area contributed by atoms with Crippen LogP contribution >= 0.6 is 11.6 Å². The smallest absolute Gasteiger partial charge is 0.245 e. The number of hydrogen-bond donors (Lipinski definition) is 2. The summed E-state index contributed by atoms with van der Waals surface area (Å²) in [7, 11) is 0. The van der Waals surface area contributed by atoms with Gasteiger partial charge in [-0.05, 0) is 30.9 Å². The van der Waals surface area contributed by atoms with Gasteiger partial charge in [-0.3, -0.25) is 4.79 Å². The number of amides is 1. The highest BCUT2D eigenvalue weighted by molar-refractivity contribution is 6.33. The van der Waals surface area contributed by atoms with Crippen LogP contribution in [0.5, 0.6) is 0 Å². The van der Waals surface area contributed by atoms with Gasteiger partial charge >= 0.3 is 0 Å². The van der Waals surface area contributed by atoms with Crippen LogP contribution < -0.4 is 16.0 Å². The Balaban J connectivity index is 2.00. The van der Waals surface area contributed by atoms with Crippen molar-refractivity contribution in [3.8, 4) is 0 Å². The Labute approximate surface area is 124 Å². The number of nitrogens with one attached hydrogen (secondary N) is 1. The van der Waals surface area contributed by atoms with E-state index >= 15 is 0 Å². The van der Waals surface area contributed by atoms with Gasteiger partial charge in [0.05, 0.1) is 10.7 Å². The average Bonchev–Trinajstić information content (AvgIpc) is 2.97. The summed E-state index contributed by atoms with van der Waals surface area (Å²) in [6.45, 7) is 5.49. The van der Waals surface area contributed by atoms with E-state index in [0.29, 0.717) is 17.0 Å². The van der Waals surface area contributed by atoms with Gasteiger partial charge in [0.15, 0.2) is 0 Å². The first-order valence-corrected chi connectivity index (χ1v) is 7.53. The minimum absolute atomic E-state index is 0.157. The molecule has 1 amide bonds. The summed E-state index contributed by atoms with van der Waals surface area (Å²) in [5.41, 5.74) is 8.46. The van der Waals surface area contributed by atoms with E-state index in [2.05, 4.69) is 24.1 Å². The van der Waals surface area contributed by atoms with Crippen LogP contribution in [-0.2, 0) is 4.79 Å². The molecule has 3 N–H and O–H groups in total. The molecule has 20 heavy (non-hydrogen) atoms. The topological polar surface area (TPSA) is 58.4 Å². The van der Waals surface area contributed by atoms with E-state index in [9.17, 15) is 4.79 Å². The molecule has 1 aromatic carbocycles. The molecule has 0 aliphatic carbocycles. The summed E-state index contributed by atoms with van der Waals surface area (Å²) in [4.78, 5) is 14.0. The Morgan fingerprint density at radius 1 is 1.45 bits per heavy atom. The van der Waals surface area contributed by atoms with Crippen LogP contribution in [0.1, 0.15) is 38.3 Å². The van der Waals surface area contributed by atoms with Crippen molar-refractivity contribution in [3.05, 3.63) is 22.7 Å². The first-order valence-electron chi connectivity index (χ1n) is 7.15. The van der Waals surface area contributed by atoms with Gasteiger partial charge in [0, 0.05) is 23.8 Å². The molecular weight excluding hydrogens is 274 g/mol. The third-order valence-corrected chi connectivity index (χ3v) is 4.68. The van der Waals surface area contributed by atoms with Crippen molar-refractivity contribution in [2.75, 3.05) is 16.8 Å². The highest BCUT2D eigenvalue weighted by atomic mass is 35.5. The lowest BCUT2D eigenvalue weighted by molar-refractivity contribution is -0.116. The van der Waals surface area contributed by atoms with Crippen molar-refractivity contribution < 1.29 is 4.79 Å². The monoisotopic (exact) mass is 293 g/mol. The molecule has 2 heterocycles. The third-order valence-electron chi connectivity index (χ3n) is 4.37. The quantitative estimate of drug-likeness (QED) is 0.881. The Bertz CT molecular complexity index is 558. The van der Waals surface area contributed by atoms with Gasteiger partial charge < -0.3 is 16.0 Å². The molecule has 2 atom stereocenters. The summed E-state index contributed by atoms with van der Waals surface area (Å²) in [5, 5.41) is 3.52. The molecule has 0 radical (unpaired) electrons. The SMILES string of the molecule is CC(C)C1CCCN1c1cc2c(cc1Cl)C(N)C(=O)N2. The number of hydrogen-bond acceptors (Lipinski definition) is 3. The molecule has 0 bridgehead atoms. The summed E-state index contributed by atoms with van der Waals surface area (Å²) in [5.74, 6) is 0.425. The molecule has 1 aromatic rings. The van der Waals surface area contributed by atoms with Crippen LogP contribution in [-0.4, -0.2) is 18.5 Å². The summed E-state index contributed by atoms with van der Waals surface area (Å²) in [6, 6.07) is 3.72. The molecule has 108 valence electrons. The molecule has 1 saturated heterocycles. The fourth-order valence-electron chi connectivity index (χ4n) is 3.30. The van der Waals surface area contributed by atoms with Gasteiger partial charge in [-0.25, -0.2) is 0 Å². The number of nitrogens with two attached hydrogens (primary N) is 1. The number of benzene rings is 1. The Hall–Kier alpha value is -1.26. The highest BCUT2D eigenvalue weighted by Crippen LogP contribution is 2.41. The van der Waals surface area contributed by atoms with Crippen molar-refractivity contribution in [2.24, 2.45) is 11.7 Å². The largest absolute Gasteiger partial charge is 0.367 e. The second-order valence-electron chi connectivity index (χ2n) is 6.00. The number of carbonyl (C=O) groups excluding carboxylic acids is 1. The molecule has 5 heteroatoms. The van der Waals surface area contributed by atoms with Gasteiger partial charge in [-0.15, -0.1) is 0 Å². The molecule has 1 fully saturated rings.